The molecule has 0 amide bonds. The third-order valence-electron chi connectivity index (χ3n) is 3.59. The quantitative estimate of drug-likeness (QED) is 0.658. The number of carbonyl (C=O) groups excluding carboxylic acids is 1. The van der Waals surface area contributed by atoms with Crippen LogP contribution in [0.5, 0.6) is 0 Å². The van der Waals surface area contributed by atoms with Gasteiger partial charge in [0.25, 0.3) is 0 Å². The van der Waals surface area contributed by atoms with E-state index >= 15 is 0 Å². The Morgan fingerprint density at radius 3 is 2.53 bits per heavy atom. The maximum Gasteiger partial charge on any atom is 0.392 e. The maximum atomic E-state index is 12.3. The number of rotatable bonds is 1. The standard InChI is InChI=1S/C11H11F3O/c1-6-9(15)8-4-3-7(10(6,8)2)5-11(12,13)14/h3-4,6H,5H2,1-2H3/t6?,10-/m0/s1. The Labute approximate surface area is 85.7 Å². The van der Waals surface area contributed by atoms with Gasteiger partial charge in [-0.05, 0) is 0 Å². The minimum atomic E-state index is -4.20. The monoisotopic (exact) mass is 216 g/mol. The molecule has 82 valence electrons. The molecule has 15 heavy (non-hydrogen) atoms. The molecule has 0 N–H and O–H groups in total. The number of hydrogen-bond acceptors (Lipinski definition) is 1. The van der Waals surface area contributed by atoms with Crippen molar-refractivity contribution in [3.63, 3.8) is 0 Å². The Hall–Kier alpha value is -1.06. The van der Waals surface area contributed by atoms with E-state index in [4.69, 9.17) is 0 Å². The summed E-state index contributed by atoms with van der Waals surface area (Å²) in [6.45, 7) is 3.41. The number of carbonyl (C=O) groups is 1. The fourth-order valence-corrected chi connectivity index (χ4v) is 2.43. The Bertz CT molecular complexity index is 389. The molecule has 2 aliphatic rings. The van der Waals surface area contributed by atoms with Gasteiger partial charge in [-0.1, -0.05) is 31.6 Å². The molecule has 0 radical (unpaired) electrons. The molecule has 0 aromatic heterocycles. The normalized spacial score (nSPS) is 34.5. The lowest BCUT2D eigenvalue weighted by Crippen LogP contribution is -2.48. The summed E-state index contributed by atoms with van der Waals surface area (Å²) in [4.78, 5) is 11.4. The third kappa shape index (κ3) is 1.27. The van der Waals surface area contributed by atoms with Crippen molar-refractivity contribution in [2.24, 2.45) is 11.3 Å². The molecule has 4 heteroatoms. The van der Waals surface area contributed by atoms with Gasteiger partial charge >= 0.3 is 6.18 Å². The summed E-state index contributed by atoms with van der Waals surface area (Å²) in [5.41, 5.74) is 0.193. The lowest BCUT2D eigenvalue weighted by Gasteiger charge is -2.45. The molecule has 1 unspecified atom stereocenters. The summed E-state index contributed by atoms with van der Waals surface area (Å²) >= 11 is 0. The molecular weight excluding hydrogens is 205 g/mol. The van der Waals surface area contributed by atoms with Crippen LogP contribution in [0.4, 0.5) is 13.2 Å². The van der Waals surface area contributed by atoms with Gasteiger partial charge in [-0.2, -0.15) is 13.2 Å². The third-order valence-corrected chi connectivity index (χ3v) is 3.59. The van der Waals surface area contributed by atoms with Gasteiger partial charge in [0.2, 0.25) is 0 Å². The van der Waals surface area contributed by atoms with Crippen LogP contribution < -0.4 is 0 Å². The van der Waals surface area contributed by atoms with Crippen LogP contribution in [-0.2, 0) is 4.79 Å². The molecule has 0 aromatic rings. The number of alkyl halides is 3. The van der Waals surface area contributed by atoms with E-state index in [2.05, 4.69) is 0 Å². The van der Waals surface area contributed by atoms with Crippen LogP contribution in [0.2, 0.25) is 0 Å². The zero-order valence-electron chi connectivity index (χ0n) is 8.48. The van der Waals surface area contributed by atoms with Crippen molar-refractivity contribution in [3.05, 3.63) is 23.3 Å². The molecule has 1 saturated carbocycles. The Morgan fingerprint density at radius 1 is 1.40 bits per heavy atom. The second kappa shape index (κ2) is 2.74. The van der Waals surface area contributed by atoms with Gasteiger partial charge in [-0.3, -0.25) is 4.79 Å². The van der Waals surface area contributed by atoms with Crippen LogP contribution in [-0.4, -0.2) is 12.0 Å². The summed E-state index contributed by atoms with van der Waals surface area (Å²) in [6.07, 6.45) is -2.13. The Balaban J connectivity index is 2.24. The molecule has 2 atom stereocenters. The van der Waals surface area contributed by atoms with Crippen LogP contribution in [0, 0.1) is 11.3 Å². The second-order valence-electron chi connectivity index (χ2n) is 4.35. The van der Waals surface area contributed by atoms with Gasteiger partial charge in [-0.15, -0.1) is 0 Å². The molecule has 2 aliphatic carbocycles. The van der Waals surface area contributed by atoms with E-state index in [0.717, 1.165) is 0 Å². The van der Waals surface area contributed by atoms with Gasteiger partial charge in [0, 0.05) is 16.9 Å². The zero-order chi connectivity index (χ0) is 11.4. The Kier molecular flexibility index (Phi) is 1.91. The molecule has 0 aromatic carbocycles. The van der Waals surface area contributed by atoms with Gasteiger partial charge in [0.05, 0.1) is 6.42 Å². The molecule has 0 bridgehead atoms. The van der Waals surface area contributed by atoms with Gasteiger partial charge in [0.15, 0.2) is 5.78 Å². The molecule has 0 aliphatic heterocycles. The summed E-state index contributed by atoms with van der Waals surface area (Å²) < 4.78 is 36.8. The average Bonchev–Trinajstić information content (AvgIpc) is 2.39. The number of hydrogen-bond donors (Lipinski definition) is 0. The summed E-state index contributed by atoms with van der Waals surface area (Å²) in [7, 11) is 0. The van der Waals surface area contributed by atoms with Crippen LogP contribution in [0.1, 0.15) is 20.3 Å². The zero-order valence-corrected chi connectivity index (χ0v) is 8.48. The summed E-state index contributed by atoms with van der Waals surface area (Å²) in [6, 6.07) is 0. The topological polar surface area (TPSA) is 17.1 Å². The molecular formula is C11H11F3O. The first kappa shape index (κ1) is 10.5. The highest BCUT2D eigenvalue weighted by atomic mass is 19.4. The van der Waals surface area contributed by atoms with Gasteiger partial charge < -0.3 is 0 Å². The summed E-state index contributed by atoms with van der Waals surface area (Å²) in [5, 5.41) is 0. The van der Waals surface area contributed by atoms with E-state index in [9.17, 15) is 18.0 Å². The van der Waals surface area contributed by atoms with Crippen molar-refractivity contribution >= 4 is 5.78 Å². The predicted octanol–water partition coefficient (Wildman–Crippen LogP) is 3.03. The maximum absolute atomic E-state index is 12.3. The number of fused-ring (bicyclic) bond motifs is 1. The van der Waals surface area contributed by atoms with Crippen LogP contribution >= 0.6 is 0 Å². The lowest BCUT2D eigenvalue weighted by molar-refractivity contribution is -0.137. The van der Waals surface area contributed by atoms with Crippen molar-refractivity contribution in [2.75, 3.05) is 0 Å². The molecule has 0 heterocycles. The van der Waals surface area contributed by atoms with E-state index in [0.29, 0.717) is 11.1 Å². The molecule has 2 rings (SSSR count). The van der Waals surface area contributed by atoms with Crippen molar-refractivity contribution in [1.29, 1.82) is 0 Å². The van der Waals surface area contributed by atoms with E-state index in [1.807, 2.05) is 0 Å². The highest BCUT2D eigenvalue weighted by Gasteiger charge is 2.57. The van der Waals surface area contributed by atoms with Crippen molar-refractivity contribution < 1.29 is 18.0 Å². The molecule has 0 spiro atoms. The largest absolute Gasteiger partial charge is 0.392 e. The number of Topliss-reactive ketones (excluding diaryl/α,β-unsaturated/α-hetero) is 1. The fraction of sp³-hybridized carbons (Fsp3) is 0.545. The van der Waals surface area contributed by atoms with E-state index in [-0.39, 0.29) is 11.7 Å². The van der Waals surface area contributed by atoms with Crippen molar-refractivity contribution in [2.45, 2.75) is 26.4 Å². The minimum absolute atomic E-state index is 0.0223. The first-order valence-corrected chi connectivity index (χ1v) is 4.79. The van der Waals surface area contributed by atoms with Gasteiger partial charge in [0.1, 0.15) is 0 Å². The van der Waals surface area contributed by atoms with Crippen molar-refractivity contribution in [1.82, 2.24) is 0 Å². The minimum Gasteiger partial charge on any atom is -0.294 e. The van der Waals surface area contributed by atoms with Crippen LogP contribution in [0.3, 0.4) is 0 Å². The summed E-state index contributed by atoms with van der Waals surface area (Å²) in [5.74, 6) is -0.342. The molecule has 1 fully saturated rings. The SMILES string of the molecule is CC1C(=O)C2=CC=C(CC(F)(F)F)[C@@]21C. The van der Waals surface area contributed by atoms with Gasteiger partial charge in [-0.25, -0.2) is 0 Å². The van der Waals surface area contributed by atoms with Crippen molar-refractivity contribution in [3.8, 4) is 0 Å². The second-order valence-corrected chi connectivity index (χ2v) is 4.35. The van der Waals surface area contributed by atoms with Crippen LogP contribution in [0.15, 0.2) is 23.3 Å². The molecule has 0 saturated heterocycles. The predicted molar refractivity (Wildman–Crippen MR) is 49.1 cm³/mol. The first-order chi connectivity index (χ1) is 6.77. The number of ketones is 1. The smallest absolute Gasteiger partial charge is 0.294 e. The van der Waals surface area contributed by atoms with E-state index in [1.165, 1.54) is 12.2 Å². The lowest BCUT2D eigenvalue weighted by atomic mass is 9.55. The molecule has 1 nitrogen and oxygen atoms in total. The first-order valence-electron chi connectivity index (χ1n) is 4.79. The van der Waals surface area contributed by atoms with E-state index in [1.54, 1.807) is 13.8 Å². The Morgan fingerprint density at radius 2 is 2.00 bits per heavy atom. The fourth-order valence-electron chi connectivity index (χ4n) is 2.43. The highest BCUT2D eigenvalue weighted by Crippen LogP contribution is 2.58. The average molecular weight is 216 g/mol. The highest BCUT2D eigenvalue weighted by molar-refractivity contribution is 6.08. The number of allylic oxidation sites excluding steroid dienone is 4. The number of halogens is 3. The van der Waals surface area contributed by atoms with E-state index < -0.39 is 18.0 Å². The van der Waals surface area contributed by atoms with Crippen LogP contribution in [0.25, 0.3) is 0 Å².